The van der Waals surface area contributed by atoms with Gasteiger partial charge in [-0.05, 0) is 37.5 Å². The van der Waals surface area contributed by atoms with Crippen LogP contribution < -0.4 is 0 Å². The summed E-state index contributed by atoms with van der Waals surface area (Å²) in [5, 5.41) is 13.4. The van der Waals surface area contributed by atoms with E-state index >= 15 is 0 Å². The zero-order valence-corrected chi connectivity index (χ0v) is 9.02. The second-order valence-electron chi connectivity index (χ2n) is 5.38. The van der Waals surface area contributed by atoms with Crippen molar-refractivity contribution in [1.29, 1.82) is 0 Å². The van der Waals surface area contributed by atoms with Crippen LogP contribution in [0.5, 0.6) is 0 Å². The summed E-state index contributed by atoms with van der Waals surface area (Å²) >= 11 is 0. The van der Waals surface area contributed by atoms with Crippen LogP contribution in [0.15, 0.2) is 0 Å². The molecule has 1 unspecified atom stereocenters. The topological polar surface area (TPSA) is 55.1 Å². The molecule has 0 radical (unpaired) electrons. The minimum Gasteiger partial charge on any atom is -0.480 e. The third-order valence-corrected chi connectivity index (χ3v) is 4.10. The summed E-state index contributed by atoms with van der Waals surface area (Å²) in [5.74, 6) is 1.40. The number of carboxylic acids is 1. The first-order valence-electron chi connectivity index (χ1n) is 6.05. The second kappa shape index (κ2) is 2.67. The highest BCUT2D eigenvalue weighted by Crippen LogP contribution is 2.59. The highest BCUT2D eigenvalue weighted by Gasteiger charge is 2.50. The molecule has 2 atom stereocenters. The van der Waals surface area contributed by atoms with Crippen molar-refractivity contribution in [1.82, 2.24) is 9.78 Å². The molecule has 4 heteroatoms. The Kier molecular flexibility index (Phi) is 1.47. The van der Waals surface area contributed by atoms with Crippen LogP contribution in [0.4, 0.5) is 0 Å². The van der Waals surface area contributed by atoms with Gasteiger partial charge in [0.1, 0.15) is 6.54 Å². The lowest BCUT2D eigenvalue weighted by Crippen LogP contribution is -2.13. The van der Waals surface area contributed by atoms with E-state index in [4.69, 9.17) is 5.11 Å². The molecule has 1 aromatic rings. The number of hydrogen-bond donors (Lipinski definition) is 1. The van der Waals surface area contributed by atoms with Gasteiger partial charge in [0.25, 0.3) is 0 Å². The zero-order chi connectivity index (χ0) is 10.9. The van der Waals surface area contributed by atoms with Crippen LogP contribution in [0.1, 0.15) is 48.0 Å². The van der Waals surface area contributed by atoms with Gasteiger partial charge < -0.3 is 5.11 Å². The SMILES string of the molecule is O=C(O)Cn1nc2c(c1C1CC1)[C@H]1CC1C2. The number of hydrogen-bond acceptors (Lipinski definition) is 2. The first-order chi connectivity index (χ1) is 7.74. The minimum absolute atomic E-state index is 0.0379. The van der Waals surface area contributed by atoms with Gasteiger partial charge in [-0.3, -0.25) is 9.48 Å². The first kappa shape index (κ1) is 8.79. The number of nitrogens with zero attached hydrogens (tertiary/aromatic N) is 2. The molecule has 3 aliphatic carbocycles. The quantitative estimate of drug-likeness (QED) is 0.836. The van der Waals surface area contributed by atoms with Crippen LogP contribution in [0.3, 0.4) is 0 Å². The van der Waals surface area contributed by atoms with Crippen molar-refractivity contribution in [3.8, 4) is 0 Å². The molecule has 1 N–H and O–H groups in total. The fourth-order valence-electron chi connectivity index (χ4n) is 3.21. The maximum atomic E-state index is 10.8. The lowest BCUT2D eigenvalue weighted by molar-refractivity contribution is -0.137. The number of fused-ring (bicyclic) bond motifs is 3. The Hall–Kier alpha value is -1.32. The second-order valence-corrected chi connectivity index (χ2v) is 5.38. The molecule has 1 heterocycles. The molecule has 2 fully saturated rings. The molecule has 1 aromatic heterocycles. The Bertz CT molecular complexity index is 487. The van der Waals surface area contributed by atoms with Crippen LogP contribution in [0.2, 0.25) is 0 Å². The fourth-order valence-corrected chi connectivity index (χ4v) is 3.21. The molecule has 16 heavy (non-hydrogen) atoms. The van der Waals surface area contributed by atoms with Gasteiger partial charge in [-0.25, -0.2) is 0 Å². The maximum Gasteiger partial charge on any atom is 0.325 e. The summed E-state index contributed by atoms with van der Waals surface area (Å²) in [6, 6.07) is 0. The molecular weight excluding hydrogens is 204 g/mol. The Balaban J connectivity index is 1.81. The van der Waals surface area contributed by atoms with Gasteiger partial charge in [-0.2, -0.15) is 5.10 Å². The van der Waals surface area contributed by atoms with E-state index in [9.17, 15) is 4.79 Å². The zero-order valence-electron chi connectivity index (χ0n) is 9.02. The van der Waals surface area contributed by atoms with E-state index in [0.717, 1.165) is 18.3 Å². The van der Waals surface area contributed by atoms with Gasteiger partial charge in [0.15, 0.2) is 0 Å². The normalized spacial score (nSPS) is 30.0. The standard InChI is InChI=1S/C12H14N2O2/c15-10(16)5-14-12(6-1-2-6)11-8-3-7(8)4-9(11)13-14/h6-8H,1-5H2,(H,15,16)/t7?,8-/m0/s1. The third-order valence-electron chi connectivity index (χ3n) is 4.10. The fraction of sp³-hybridized carbons (Fsp3) is 0.667. The highest BCUT2D eigenvalue weighted by atomic mass is 16.4. The van der Waals surface area contributed by atoms with E-state index in [-0.39, 0.29) is 6.54 Å². The summed E-state index contributed by atoms with van der Waals surface area (Å²) in [6.07, 6.45) is 4.84. The molecule has 84 valence electrons. The molecular formula is C12H14N2O2. The summed E-state index contributed by atoms with van der Waals surface area (Å²) in [6.45, 7) is 0.0379. The van der Waals surface area contributed by atoms with Gasteiger partial charge in [-0.15, -0.1) is 0 Å². The number of carboxylic acid groups (broad SMARTS) is 1. The maximum absolute atomic E-state index is 10.8. The highest BCUT2D eigenvalue weighted by molar-refractivity contribution is 5.66. The molecule has 0 bridgehead atoms. The van der Waals surface area contributed by atoms with E-state index < -0.39 is 5.97 Å². The molecule has 4 nitrogen and oxygen atoms in total. The molecule has 3 aliphatic rings. The summed E-state index contributed by atoms with van der Waals surface area (Å²) < 4.78 is 1.76. The Morgan fingerprint density at radius 2 is 2.31 bits per heavy atom. The third kappa shape index (κ3) is 1.10. The number of aromatic nitrogens is 2. The smallest absolute Gasteiger partial charge is 0.325 e. The van der Waals surface area contributed by atoms with Crippen molar-refractivity contribution >= 4 is 5.97 Å². The largest absolute Gasteiger partial charge is 0.480 e. The van der Waals surface area contributed by atoms with E-state index in [0.29, 0.717) is 5.92 Å². The van der Waals surface area contributed by atoms with Crippen molar-refractivity contribution in [2.24, 2.45) is 5.92 Å². The Morgan fingerprint density at radius 1 is 1.50 bits per heavy atom. The average Bonchev–Trinajstić information content (AvgIpc) is 3.08. The van der Waals surface area contributed by atoms with Gasteiger partial charge in [0, 0.05) is 17.2 Å². The van der Waals surface area contributed by atoms with Crippen LogP contribution in [0, 0.1) is 5.92 Å². The number of carbonyl (C=O) groups is 1. The van der Waals surface area contributed by atoms with E-state index in [1.54, 1.807) is 4.68 Å². The monoisotopic (exact) mass is 218 g/mol. The molecule has 0 amide bonds. The molecule has 0 spiro atoms. The predicted molar refractivity (Wildman–Crippen MR) is 56.4 cm³/mol. The van der Waals surface area contributed by atoms with E-state index in [2.05, 4.69) is 5.10 Å². The Morgan fingerprint density at radius 3 is 3.00 bits per heavy atom. The summed E-state index contributed by atoms with van der Waals surface area (Å²) in [4.78, 5) is 10.8. The molecule has 0 saturated heterocycles. The van der Waals surface area contributed by atoms with Crippen molar-refractivity contribution in [2.75, 3.05) is 0 Å². The van der Waals surface area contributed by atoms with Gasteiger partial charge in [0.05, 0.1) is 5.69 Å². The summed E-state index contributed by atoms with van der Waals surface area (Å²) in [5.41, 5.74) is 3.90. The van der Waals surface area contributed by atoms with Crippen LogP contribution in [-0.4, -0.2) is 20.9 Å². The molecule has 0 aromatic carbocycles. The van der Waals surface area contributed by atoms with Crippen molar-refractivity contribution in [3.05, 3.63) is 17.0 Å². The van der Waals surface area contributed by atoms with Crippen molar-refractivity contribution in [3.63, 3.8) is 0 Å². The van der Waals surface area contributed by atoms with Crippen molar-refractivity contribution in [2.45, 2.75) is 44.1 Å². The van der Waals surface area contributed by atoms with E-state index in [1.807, 2.05) is 0 Å². The molecule has 2 saturated carbocycles. The lowest BCUT2D eigenvalue weighted by Gasteiger charge is -2.05. The minimum atomic E-state index is -0.782. The van der Waals surface area contributed by atoms with Gasteiger partial charge in [0.2, 0.25) is 0 Å². The average molecular weight is 218 g/mol. The van der Waals surface area contributed by atoms with Crippen LogP contribution >= 0.6 is 0 Å². The summed E-state index contributed by atoms with van der Waals surface area (Å²) in [7, 11) is 0. The predicted octanol–water partition coefficient (Wildman–Crippen LogP) is 1.50. The van der Waals surface area contributed by atoms with Crippen LogP contribution in [0.25, 0.3) is 0 Å². The number of rotatable bonds is 3. The van der Waals surface area contributed by atoms with E-state index in [1.165, 1.54) is 36.2 Å². The first-order valence-corrected chi connectivity index (χ1v) is 6.05. The lowest BCUT2D eigenvalue weighted by atomic mass is 10.1. The van der Waals surface area contributed by atoms with Crippen LogP contribution in [-0.2, 0) is 17.8 Å². The molecule has 4 rings (SSSR count). The van der Waals surface area contributed by atoms with Gasteiger partial charge in [-0.1, -0.05) is 0 Å². The van der Waals surface area contributed by atoms with Crippen molar-refractivity contribution < 1.29 is 9.90 Å². The Labute approximate surface area is 93.3 Å². The molecule has 0 aliphatic heterocycles. The van der Waals surface area contributed by atoms with Gasteiger partial charge >= 0.3 is 5.97 Å². The number of aliphatic carboxylic acids is 1.